The standard InChI is InChI=1S/C21H24N4O/c1-14(2)18-7-5-6-8-19(18)24-20-13-15(3)22-21(25-20)23-16-9-11-17(26-4)12-10-16/h5-14H,1-4H3,(H2,22,23,24,25). The lowest BCUT2D eigenvalue weighted by Crippen LogP contribution is -2.04. The molecule has 3 rings (SSSR count). The van der Waals surface area contributed by atoms with Gasteiger partial charge in [-0.15, -0.1) is 0 Å². The molecule has 0 saturated carbocycles. The summed E-state index contributed by atoms with van der Waals surface area (Å²) < 4.78 is 5.19. The quantitative estimate of drug-likeness (QED) is 0.624. The largest absolute Gasteiger partial charge is 0.497 e. The van der Waals surface area contributed by atoms with Crippen molar-refractivity contribution in [2.75, 3.05) is 17.7 Å². The van der Waals surface area contributed by atoms with E-state index in [1.807, 2.05) is 43.3 Å². The third-order valence-electron chi connectivity index (χ3n) is 4.05. The number of hydrogen-bond acceptors (Lipinski definition) is 5. The first-order chi connectivity index (χ1) is 12.5. The Kier molecular flexibility index (Phi) is 5.37. The predicted octanol–water partition coefficient (Wildman–Crippen LogP) is 5.40. The van der Waals surface area contributed by atoms with Crippen molar-refractivity contribution in [1.82, 2.24) is 9.97 Å². The van der Waals surface area contributed by atoms with Gasteiger partial charge >= 0.3 is 0 Å². The summed E-state index contributed by atoms with van der Waals surface area (Å²) in [6.45, 7) is 6.32. The van der Waals surface area contributed by atoms with Gasteiger partial charge in [-0.3, -0.25) is 0 Å². The van der Waals surface area contributed by atoms with Crippen LogP contribution in [0.2, 0.25) is 0 Å². The first-order valence-corrected chi connectivity index (χ1v) is 8.68. The average Bonchev–Trinajstić information content (AvgIpc) is 2.62. The predicted molar refractivity (Wildman–Crippen MR) is 107 cm³/mol. The zero-order valence-electron chi connectivity index (χ0n) is 15.6. The summed E-state index contributed by atoms with van der Waals surface area (Å²) >= 11 is 0. The van der Waals surface area contributed by atoms with Crippen LogP contribution in [0.25, 0.3) is 0 Å². The molecule has 0 aliphatic heterocycles. The molecule has 0 unspecified atom stereocenters. The van der Waals surface area contributed by atoms with E-state index in [1.165, 1.54) is 5.56 Å². The molecule has 5 nitrogen and oxygen atoms in total. The van der Waals surface area contributed by atoms with Crippen molar-refractivity contribution < 1.29 is 4.74 Å². The van der Waals surface area contributed by atoms with E-state index in [4.69, 9.17) is 4.74 Å². The Bertz CT molecular complexity index is 875. The van der Waals surface area contributed by atoms with Crippen LogP contribution in [0.1, 0.15) is 31.0 Å². The Morgan fingerprint density at radius 2 is 1.65 bits per heavy atom. The molecule has 0 fully saturated rings. The molecule has 1 heterocycles. The van der Waals surface area contributed by atoms with Crippen molar-refractivity contribution in [3.63, 3.8) is 0 Å². The molecule has 2 N–H and O–H groups in total. The zero-order chi connectivity index (χ0) is 18.5. The Morgan fingerprint density at radius 1 is 0.923 bits per heavy atom. The van der Waals surface area contributed by atoms with Gasteiger partial charge in [-0.1, -0.05) is 32.0 Å². The highest BCUT2D eigenvalue weighted by Crippen LogP contribution is 2.27. The Hall–Kier alpha value is -3.08. The Balaban J connectivity index is 1.83. The topological polar surface area (TPSA) is 59.1 Å². The van der Waals surface area contributed by atoms with E-state index < -0.39 is 0 Å². The first kappa shape index (κ1) is 17.7. The number of ether oxygens (including phenoxy) is 1. The molecular formula is C21H24N4O. The van der Waals surface area contributed by atoms with Gasteiger partial charge in [0.25, 0.3) is 0 Å². The van der Waals surface area contributed by atoms with Gasteiger partial charge in [0.05, 0.1) is 7.11 Å². The van der Waals surface area contributed by atoms with Gasteiger partial charge in [-0.25, -0.2) is 4.98 Å². The van der Waals surface area contributed by atoms with Crippen LogP contribution in [0, 0.1) is 6.92 Å². The van der Waals surface area contributed by atoms with Gasteiger partial charge in [0.2, 0.25) is 5.95 Å². The summed E-state index contributed by atoms with van der Waals surface area (Å²) in [6.07, 6.45) is 0. The van der Waals surface area contributed by atoms with E-state index in [9.17, 15) is 0 Å². The minimum absolute atomic E-state index is 0.429. The molecule has 0 amide bonds. The summed E-state index contributed by atoms with van der Waals surface area (Å²) in [5, 5.41) is 6.67. The molecule has 0 saturated heterocycles. The number of nitrogens with zero attached hydrogens (tertiary/aromatic N) is 2. The van der Waals surface area contributed by atoms with Crippen molar-refractivity contribution in [3.8, 4) is 5.75 Å². The number of rotatable bonds is 6. The molecule has 0 atom stereocenters. The van der Waals surface area contributed by atoms with Crippen molar-refractivity contribution >= 4 is 23.1 Å². The highest BCUT2D eigenvalue weighted by atomic mass is 16.5. The maximum Gasteiger partial charge on any atom is 0.229 e. The van der Waals surface area contributed by atoms with E-state index in [2.05, 4.69) is 52.6 Å². The molecule has 0 aliphatic carbocycles. The summed E-state index contributed by atoms with van der Waals surface area (Å²) in [7, 11) is 1.65. The highest BCUT2D eigenvalue weighted by Gasteiger charge is 2.08. The van der Waals surface area contributed by atoms with Crippen molar-refractivity contribution in [1.29, 1.82) is 0 Å². The fourth-order valence-electron chi connectivity index (χ4n) is 2.74. The first-order valence-electron chi connectivity index (χ1n) is 8.68. The second-order valence-electron chi connectivity index (χ2n) is 6.44. The molecular weight excluding hydrogens is 324 g/mol. The second kappa shape index (κ2) is 7.87. The fourth-order valence-corrected chi connectivity index (χ4v) is 2.74. The third-order valence-corrected chi connectivity index (χ3v) is 4.05. The van der Waals surface area contributed by atoms with Gasteiger partial charge in [0, 0.05) is 23.1 Å². The van der Waals surface area contributed by atoms with E-state index in [0.29, 0.717) is 11.9 Å². The normalized spacial score (nSPS) is 10.7. The molecule has 26 heavy (non-hydrogen) atoms. The average molecular weight is 348 g/mol. The maximum absolute atomic E-state index is 5.19. The SMILES string of the molecule is COc1ccc(Nc2nc(C)cc(Nc3ccccc3C(C)C)n2)cc1. The highest BCUT2D eigenvalue weighted by molar-refractivity contribution is 5.63. The Labute approximate surface area is 154 Å². The molecule has 0 spiro atoms. The maximum atomic E-state index is 5.19. The Morgan fingerprint density at radius 3 is 2.35 bits per heavy atom. The zero-order valence-corrected chi connectivity index (χ0v) is 15.6. The molecule has 2 aromatic carbocycles. The van der Waals surface area contributed by atoms with Crippen molar-refractivity contribution in [2.24, 2.45) is 0 Å². The van der Waals surface area contributed by atoms with Crippen LogP contribution in [0.5, 0.6) is 5.75 Å². The lowest BCUT2D eigenvalue weighted by Gasteiger charge is -2.15. The third kappa shape index (κ3) is 4.30. The number of methoxy groups -OCH3 is 1. The van der Waals surface area contributed by atoms with Crippen molar-refractivity contribution in [3.05, 3.63) is 65.9 Å². The van der Waals surface area contributed by atoms with E-state index >= 15 is 0 Å². The molecule has 0 bridgehead atoms. The smallest absolute Gasteiger partial charge is 0.229 e. The van der Waals surface area contributed by atoms with Gasteiger partial charge in [-0.05, 0) is 48.7 Å². The second-order valence-corrected chi connectivity index (χ2v) is 6.44. The van der Waals surface area contributed by atoms with Gasteiger partial charge in [0.1, 0.15) is 11.6 Å². The molecule has 134 valence electrons. The number of anilines is 4. The summed E-state index contributed by atoms with van der Waals surface area (Å²) in [6, 6.07) is 17.9. The van der Waals surface area contributed by atoms with Crippen molar-refractivity contribution in [2.45, 2.75) is 26.7 Å². The van der Waals surface area contributed by atoms with E-state index in [1.54, 1.807) is 7.11 Å². The molecule has 0 radical (unpaired) electrons. The van der Waals surface area contributed by atoms with Crippen LogP contribution in [0.3, 0.4) is 0 Å². The molecule has 3 aromatic rings. The van der Waals surface area contributed by atoms with Crippen LogP contribution in [0.4, 0.5) is 23.1 Å². The van der Waals surface area contributed by atoms with Crippen LogP contribution < -0.4 is 15.4 Å². The van der Waals surface area contributed by atoms with E-state index in [-0.39, 0.29) is 0 Å². The molecule has 0 aliphatic rings. The lowest BCUT2D eigenvalue weighted by atomic mass is 10.0. The van der Waals surface area contributed by atoms with Gasteiger partial charge in [-0.2, -0.15) is 4.98 Å². The number of hydrogen-bond donors (Lipinski definition) is 2. The summed E-state index contributed by atoms with van der Waals surface area (Å²) in [5.41, 5.74) is 4.12. The van der Waals surface area contributed by atoms with Crippen LogP contribution in [-0.2, 0) is 0 Å². The number of aryl methyl sites for hydroxylation is 1. The van der Waals surface area contributed by atoms with Crippen LogP contribution >= 0.6 is 0 Å². The fraction of sp³-hybridized carbons (Fsp3) is 0.238. The van der Waals surface area contributed by atoms with Crippen LogP contribution in [0.15, 0.2) is 54.6 Å². The number of nitrogens with one attached hydrogen (secondary N) is 2. The molecule has 1 aromatic heterocycles. The monoisotopic (exact) mass is 348 g/mol. The number of aromatic nitrogens is 2. The number of benzene rings is 2. The summed E-state index contributed by atoms with van der Waals surface area (Å²) in [4.78, 5) is 9.08. The number of para-hydroxylation sites is 1. The van der Waals surface area contributed by atoms with E-state index in [0.717, 1.165) is 28.6 Å². The minimum atomic E-state index is 0.429. The summed E-state index contributed by atoms with van der Waals surface area (Å²) in [5.74, 6) is 2.56. The van der Waals surface area contributed by atoms with Crippen LogP contribution in [-0.4, -0.2) is 17.1 Å². The lowest BCUT2D eigenvalue weighted by molar-refractivity contribution is 0.415. The van der Waals surface area contributed by atoms with Gasteiger partial charge < -0.3 is 15.4 Å². The molecule has 5 heteroatoms. The minimum Gasteiger partial charge on any atom is -0.497 e. The van der Waals surface area contributed by atoms with Gasteiger partial charge in [0.15, 0.2) is 0 Å².